The van der Waals surface area contributed by atoms with Crippen LogP contribution in [0.4, 0.5) is 0 Å². The van der Waals surface area contributed by atoms with E-state index < -0.39 is 5.60 Å². The number of ether oxygens (including phenoxy) is 1. The van der Waals surface area contributed by atoms with E-state index in [4.69, 9.17) is 4.74 Å². The molecule has 90 valence electrons. The molecule has 0 amide bonds. The van der Waals surface area contributed by atoms with Crippen molar-refractivity contribution in [1.29, 1.82) is 0 Å². The van der Waals surface area contributed by atoms with E-state index in [1.165, 1.54) is 12.8 Å². The topological polar surface area (TPSA) is 41.5 Å². The van der Waals surface area contributed by atoms with E-state index in [9.17, 15) is 5.11 Å². The standard InChI is InChI=1S/C12H25NO2/c1-3-13-10-12(2,14)8-4-6-11-7-5-9-15-11/h11,13-14H,3-10H2,1-2H3. The Bertz CT molecular complexity index is 165. The van der Waals surface area contributed by atoms with Gasteiger partial charge in [-0.1, -0.05) is 6.92 Å². The fourth-order valence-electron chi connectivity index (χ4n) is 2.07. The van der Waals surface area contributed by atoms with Crippen molar-refractivity contribution < 1.29 is 9.84 Å². The van der Waals surface area contributed by atoms with Gasteiger partial charge < -0.3 is 15.2 Å². The molecule has 2 N–H and O–H groups in total. The van der Waals surface area contributed by atoms with Crippen LogP contribution in [0.3, 0.4) is 0 Å². The van der Waals surface area contributed by atoms with Crippen molar-refractivity contribution in [2.75, 3.05) is 19.7 Å². The molecule has 0 radical (unpaired) electrons. The summed E-state index contributed by atoms with van der Waals surface area (Å²) in [6.07, 6.45) is 5.89. The van der Waals surface area contributed by atoms with Crippen molar-refractivity contribution in [1.82, 2.24) is 5.32 Å². The molecule has 0 bridgehead atoms. The minimum absolute atomic E-state index is 0.458. The van der Waals surface area contributed by atoms with Gasteiger partial charge in [0, 0.05) is 13.2 Å². The van der Waals surface area contributed by atoms with Crippen LogP contribution in [0.15, 0.2) is 0 Å². The first-order chi connectivity index (χ1) is 7.14. The lowest BCUT2D eigenvalue weighted by molar-refractivity contribution is 0.0409. The van der Waals surface area contributed by atoms with Gasteiger partial charge in [-0.3, -0.25) is 0 Å². The maximum atomic E-state index is 10.0. The van der Waals surface area contributed by atoms with E-state index in [-0.39, 0.29) is 0 Å². The Morgan fingerprint density at radius 2 is 2.33 bits per heavy atom. The van der Waals surface area contributed by atoms with Gasteiger partial charge in [-0.25, -0.2) is 0 Å². The molecule has 3 nitrogen and oxygen atoms in total. The van der Waals surface area contributed by atoms with Gasteiger partial charge in [0.25, 0.3) is 0 Å². The first-order valence-electron chi connectivity index (χ1n) is 6.19. The maximum Gasteiger partial charge on any atom is 0.0743 e. The Kier molecular flexibility index (Phi) is 5.58. The van der Waals surface area contributed by atoms with E-state index in [0.29, 0.717) is 12.6 Å². The maximum absolute atomic E-state index is 10.0. The minimum atomic E-state index is -0.561. The van der Waals surface area contributed by atoms with Gasteiger partial charge in [-0.15, -0.1) is 0 Å². The van der Waals surface area contributed by atoms with Gasteiger partial charge in [0.2, 0.25) is 0 Å². The van der Waals surface area contributed by atoms with Crippen molar-refractivity contribution in [3.63, 3.8) is 0 Å². The SMILES string of the molecule is CCNCC(C)(O)CCCC1CCCO1. The minimum Gasteiger partial charge on any atom is -0.389 e. The number of hydrogen-bond acceptors (Lipinski definition) is 3. The van der Waals surface area contributed by atoms with Crippen LogP contribution in [0.5, 0.6) is 0 Å². The zero-order chi connectivity index (χ0) is 11.1. The molecule has 3 heteroatoms. The Morgan fingerprint density at radius 1 is 1.53 bits per heavy atom. The first-order valence-corrected chi connectivity index (χ1v) is 6.19. The van der Waals surface area contributed by atoms with Crippen molar-refractivity contribution in [2.24, 2.45) is 0 Å². The molecule has 2 atom stereocenters. The highest BCUT2D eigenvalue weighted by atomic mass is 16.5. The highest BCUT2D eigenvalue weighted by Gasteiger charge is 2.21. The van der Waals surface area contributed by atoms with Crippen LogP contribution in [0.25, 0.3) is 0 Å². The fourth-order valence-corrected chi connectivity index (χ4v) is 2.07. The normalized spacial score (nSPS) is 25.4. The van der Waals surface area contributed by atoms with Gasteiger partial charge >= 0.3 is 0 Å². The summed E-state index contributed by atoms with van der Waals surface area (Å²) in [6.45, 7) is 6.50. The first kappa shape index (κ1) is 12.9. The summed E-state index contributed by atoms with van der Waals surface area (Å²) in [6, 6.07) is 0. The Labute approximate surface area is 93.2 Å². The number of nitrogens with one attached hydrogen (secondary N) is 1. The van der Waals surface area contributed by atoms with Crippen LogP contribution in [0.1, 0.15) is 46.0 Å². The second-order valence-corrected chi connectivity index (χ2v) is 4.80. The molecule has 2 unspecified atom stereocenters. The second kappa shape index (κ2) is 6.46. The number of hydrogen-bond donors (Lipinski definition) is 2. The largest absolute Gasteiger partial charge is 0.389 e. The van der Waals surface area contributed by atoms with Gasteiger partial charge in [0.1, 0.15) is 0 Å². The van der Waals surface area contributed by atoms with Crippen LogP contribution in [-0.2, 0) is 4.74 Å². The quantitative estimate of drug-likeness (QED) is 0.679. The van der Waals surface area contributed by atoms with Crippen LogP contribution in [0.2, 0.25) is 0 Å². The number of aliphatic hydroxyl groups is 1. The van der Waals surface area contributed by atoms with E-state index in [0.717, 1.165) is 32.4 Å². The molecule has 0 aromatic rings. The van der Waals surface area contributed by atoms with Crippen molar-refractivity contribution in [2.45, 2.75) is 57.7 Å². The molecule has 0 saturated carbocycles. The zero-order valence-corrected chi connectivity index (χ0v) is 10.1. The Morgan fingerprint density at radius 3 is 2.93 bits per heavy atom. The third-order valence-electron chi connectivity index (χ3n) is 3.02. The summed E-state index contributed by atoms with van der Waals surface area (Å²) in [4.78, 5) is 0. The second-order valence-electron chi connectivity index (χ2n) is 4.80. The Hall–Kier alpha value is -0.120. The monoisotopic (exact) mass is 215 g/mol. The lowest BCUT2D eigenvalue weighted by atomic mass is 9.97. The van der Waals surface area contributed by atoms with Crippen molar-refractivity contribution in [3.05, 3.63) is 0 Å². The molecule has 15 heavy (non-hydrogen) atoms. The van der Waals surface area contributed by atoms with Gasteiger partial charge in [0.15, 0.2) is 0 Å². The molecule has 1 heterocycles. The summed E-state index contributed by atoms with van der Waals surface area (Å²) in [5.74, 6) is 0. The molecular formula is C12H25NO2. The molecule has 0 spiro atoms. The third-order valence-corrected chi connectivity index (χ3v) is 3.02. The number of rotatable bonds is 7. The molecule has 1 fully saturated rings. The van der Waals surface area contributed by atoms with E-state index in [2.05, 4.69) is 12.2 Å². The summed E-state index contributed by atoms with van der Waals surface area (Å²) in [7, 11) is 0. The van der Waals surface area contributed by atoms with Crippen molar-refractivity contribution in [3.8, 4) is 0 Å². The van der Waals surface area contributed by atoms with Crippen LogP contribution in [0, 0.1) is 0 Å². The predicted octanol–water partition coefficient (Wildman–Crippen LogP) is 1.70. The van der Waals surface area contributed by atoms with Crippen molar-refractivity contribution >= 4 is 0 Å². The lowest BCUT2D eigenvalue weighted by Gasteiger charge is -2.24. The molecule has 1 saturated heterocycles. The predicted molar refractivity (Wildman–Crippen MR) is 62.0 cm³/mol. The fraction of sp³-hybridized carbons (Fsp3) is 1.00. The smallest absolute Gasteiger partial charge is 0.0743 e. The van der Waals surface area contributed by atoms with Gasteiger partial charge in [0.05, 0.1) is 11.7 Å². The lowest BCUT2D eigenvalue weighted by Crippen LogP contribution is -2.37. The molecule has 0 aliphatic carbocycles. The van der Waals surface area contributed by atoms with Crippen LogP contribution in [-0.4, -0.2) is 36.5 Å². The average molecular weight is 215 g/mol. The average Bonchev–Trinajstić information content (AvgIpc) is 2.67. The van der Waals surface area contributed by atoms with E-state index >= 15 is 0 Å². The van der Waals surface area contributed by atoms with Crippen LogP contribution < -0.4 is 5.32 Å². The molecule has 1 aliphatic heterocycles. The highest BCUT2D eigenvalue weighted by Crippen LogP contribution is 2.20. The Balaban J connectivity index is 2.06. The van der Waals surface area contributed by atoms with E-state index in [1.807, 2.05) is 6.92 Å². The molecule has 1 aliphatic rings. The summed E-state index contributed by atoms with van der Waals surface area (Å²) < 4.78 is 5.55. The molecule has 1 rings (SSSR count). The summed E-state index contributed by atoms with van der Waals surface area (Å²) in [5.41, 5.74) is -0.561. The van der Waals surface area contributed by atoms with Gasteiger partial charge in [-0.2, -0.15) is 0 Å². The zero-order valence-electron chi connectivity index (χ0n) is 10.1. The summed E-state index contributed by atoms with van der Waals surface area (Å²) in [5, 5.41) is 13.2. The van der Waals surface area contributed by atoms with Gasteiger partial charge in [-0.05, 0) is 45.6 Å². The van der Waals surface area contributed by atoms with E-state index in [1.54, 1.807) is 0 Å². The highest BCUT2D eigenvalue weighted by molar-refractivity contribution is 4.76. The molecule has 0 aromatic carbocycles. The summed E-state index contributed by atoms with van der Waals surface area (Å²) >= 11 is 0. The number of likely N-dealkylation sites (N-methyl/N-ethyl adjacent to an activating group) is 1. The molecular weight excluding hydrogens is 190 g/mol. The van der Waals surface area contributed by atoms with Crippen LogP contribution >= 0.6 is 0 Å². The third kappa shape index (κ3) is 5.50. The molecule has 0 aromatic heterocycles.